The molecule has 1 aliphatic carbocycles. The van der Waals surface area contributed by atoms with Gasteiger partial charge in [0.15, 0.2) is 0 Å². The molecule has 0 bridgehead atoms. The van der Waals surface area contributed by atoms with Crippen LogP contribution in [0.15, 0.2) is 22.7 Å². The van der Waals surface area contributed by atoms with E-state index in [1.807, 2.05) is 0 Å². The van der Waals surface area contributed by atoms with Crippen molar-refractivity contribution in [2.45, 2.75) is 51.5 Å². The summed E-state index contributed by atoms with van der Waals surface area (Å²) in [5, 5.41) is 3.09. The second-order valence-electron chi connectivity index (χ2n) is 5.51. The smallest absolute Gasteiger partial charge is 0.252 e. The minimum Gasteiger partial charge on any atom is -0.349 e. The van der Waals surface area contributed by atoms with Crippen LogP contribution in [-0.2, 0) is 0 Å². The number of benzene rings is 1. The Balaban J connectivity index is 2.06. The Morgan fingerprint density at radius 1 is 1.40 bits per heavy atom. The first-order chi connectivity index (χ1) is 9.61. The summed E-state index contributed by atoms with van der Waals surface area (Å²) < 4.78 is 13.9. The molecule has 0 aromatic heterocycles. The molecular weight excluding hydrogens is 321 g/mol. The van der Waals surface area contributed by atoms with Crippen LogP contribution in [0, 0.1) is 11.7 Å². The Kier molecular flexibility index (Phi) is 5.58. The third kappa shape index (κ3) is 3.81. The highest BCUT2D eigenvalue weighted by Crippen LogP contribution is 2.28. The summed E-state index contributed by atoms with van der Waals surface area (Å²) in [5.74, 6) is -0.0112. The van der Waals surface area contributed by atoms with E-state index in [4.69, 9.17) is 0 Å². The van der Waals surface area contributed by atoms with Crippen LogP contribution in [0.25, 0.3) is 0 Å². The summed E-state index contributed by atoms with van der Waals surface area (Å²) in [6, 6.07) is 4.40. The molecule has 2 rings (SSSR count). The molecule has 1 aliphatic rings. The molecule has 110 valence electrons. The molecule has 2 nitrogen and oxygen atoms in total. The van der Waals surface area contributed by atoms with Gasteiger partial charge in [0.2, 0.25) is 0 Å². The molecule has 0 saturated heterocycles. The molecule has 1 aromatic carbocycles. The maximum absolute atomic E-state index is 13.3. The van der Waals surface area contributed by atoms with Crippen LogP contribution < -0.4 is 5.32 Å². The molecule has 4 heteroatoms. The van der Waals surface area contributed by atoms with Crippen molar-refractivity contribution < 1.29 is 9.18 Å². The fourth-order valence-corrected chi connectivity index (χ4v) is 3.43. The molecule has 0 aliphatic heterocycles. The Labute approximate surface area is 128 Å². The minimum atomic E-state index is -0.385. The number of amides is 1. The lowest BCUT2D eigenvalue weighted by molar-refractivity contribution is 0.0910. The van der Waals surface area contributed by atoms with Crippen LogP contribution in [0.4, 0.5) is 4.39 Å². The highest BCUT2D eigenvalue weighted by Gasteiger charge is 2.24. The first-order valence-electron chi connectivity index (χ1n) is 7.37. The van der Waals surface area contributed by atoms with Crippen LogP contribution in [0.1, 0.15) is 55.8 Å². The summed E-state index contributed by atoms with van der Waals surface area (Å²) >= 11 is 3.31. The summed E-state index contributed by atoms with van der Waals surface area (Å²) in [6.07, 6.45) is 7.09. The Bertz CT molecular complexity index is 472. The van der Waals surface area contributed by atoms with E-state index in [9.17, 15) is 9.18 Å². The Morgan fingerprint density at radius 3 is 2.75 bits per heavy atom. The average Bonchev–Trinajstić information content (AvgIpc) is 2.48. The van der Waals surface area contributed by atoms with Crippen molar-refractivity contribution in [3.05, 3.63) is 34.1 Å². The molecule has 0 spiro atoms. The monoisotopic (exact) mass is 341 g/mol. The van der Waals surface area contributed by atoms with Crippen molar-refractivity contribution in [3.63, 3.8) is 0 Å². The van der Waals surface area contributed by atoms with Gasteiger partial charge in [-0.2, -0.15) is 0 Å². The van der Waals surface area contributed by atoms with Crippen molar-refractivity contribution in [3.8, 4) is 0 Å². The summed E-state index contributed by atoms with van der Waals surface area (Å²) in [5.41, 5.74) is 0.374. The second-order valence-corrected chi connectivity index (χ2v) is 6.36. The molecular formula is C16H21BrFNO. The lowest BCUT2D eigenvalue weighted by Crippen LogP contribution is -2.40. The summed E-state index contributed by atoms with van der Waals surface area (Å²) in [7, 11) is 0. The van der Waals surface area contributed by atoms with Gasteiger partial charge in [0, 0.05) is 10.5 Å². The third-order valence-electron chi connectivity index (χ3n) is 4.15. The molecule has 20 heavy (non-hydrogen) atoms. The van der Waals surface area contributed by atoms with E-state index in [0.717, 1.165) is 6.42 Å². The van der Waals surface area contributed by atoms with Crippen LogP contribution in [-0.4, -0.2) is 11.9 Å². The Morgan fingerprint density at radius 2 is 2.10 bits per heavy atom. The zero-order valence-electron chi connectivity index (χ0n) is 11.8. The van der Waals surface area contributed by atoms with Crippen LogP contribution in [0.2, 0.25) is 0 Å². The van der Waals surface area contributed by atoms with Gasteiger partial charge in [0.25, 0.3) is 5.91 Å². The first-order valence-corrected chi connectivity index (χ1v) is 8.17. The normalized spacial score (nSPS) is 17.8. The van der Waals surface area contributed by atoms with Gasteiger partial charge in [-0.3, -0.25) is 4.79 Å². The lowest BCUT2D eigenvalue weighted by Gasteiger charge is -2.30. The van der Waals surface area contributed by atoms with Gasteiger partial charge >= 0.3 is 0 Å². The number of hydrogen-bond acceptors (Lipinski definition) is 1. The van der Waals surface area contributed by atoms with Crippen LogP contribution in [0.5, 0.6) is 0 Å². The van der Waals surface area contributed by atoms with E-state index < -0.39 is 0 Å². The van der Waals surface area contributed by atoms with Gasteiger partial charge in [-0.05, 0) is 59.3 Å². The van der Waals surface area contributed by atoms with Crippen molar-refractivity contribution in [2.75, 3.05) is 0 Å². The van der Waals surface area contributed by atoms with E-state index in [1.54, 1.807) is 6.07 Å². The molecule has 1 fully saturated rings. The summed E-state index contributed by atoms with van der Waals surface area (Å²) in [6.45, 7) is 2.10. The maximum atomic E-state index is 13.3. The van der Waals surface area contributed by atoms with Crippen LogP contribution >= 0.6 is 15.9 Å². The van der Waals surface area contributed by atoms with E-state index in [2.05, 4.69) is 28.2 Å². The highest BCUT2D eigenvalue weighted by molar-refractivity contribution is 9.10. The number of rotatable bonds is 4. The van der Waals surface area contributed by atoms with Crippen molar-refractivity contribution >= 4 is 21.8 Å². The fraction of sp³-hybridized carbons (Fsp3) is 0.562. The molecule has 1 aromatic rings. The lowest BCUT2D eigenvalue weighted by atomic mass is 9.83. The predicted octanol–water partition coefficient (Wildman–Crippen LogP) is 4.68. The van der Waals surface area contributed by atoms with Gasteiger partial charge in [-0.25, -0.2) is 4.39 Å². The molecule has 1 N–H and O–H groups in total. The second kappa shape index (κ2) is 7.21. The first kappa shape index (κ1) is 15.5. The number of nitrogens with one attached hydrogen (secondary N) is 1. The van der Waals surface area contributed by atoms with E-state index in [1.165, 1.54) is 44.2 Å². The number of hydrogen-bond donors (Lipinski definition) is 1. The van der Waals surface area contributed by atoms with Crippen molar-refractivity contribution in [2.24, 2.45) is 5.92 Å². The molecule has 0 radical (unpaired) electrons. The third-order valence-corrected chi connectivity index (χ3v) is 4.84. The minimum absolute atomic E-state index is 0.186. The van der Waals surface area contributed by atoms with Gasteiger partial charge < -0.3 is 5.32 Å². The average molecular weight is 342 g/mol. The van der Waals surface area contributed by atoms with Gasteiger partial charge in [-0.15, -0.1) is 0 Å². The van der Waals surface area contributed by atoms with E-state index in [-0.39, 0.29) is 17.8 Å². The number of carbonyl (C=O) groups excluding carboxylic acids is 1. The van der Waals surface area contributed by atoms with E-state index in [0.29, 0.717) is 16.0 Å². The van der Waals surface area contributed by atoms with Gasteiger partial charge in [-0.1, -0.05) is 26.2 Å². The van der Waals surface area contributed by atoms with E-state index >= 15 is 0 Å². The van der Waals surface area contributed by atoms with Crippen molar-refractivity contribution in [1.82, 2.24) is 5.32 Å². The largest absolute Gasteiger partial charge is 0.349 e. The van der Waals surface area contributed by atoms with Gasteiger partial charge in [0.05, 0.1) is 5.56 Å². The molecule has 0 heterocycles. The number of carbonyl (C=O) groups is 1. The molecule has 1 atom stereocenters. The van der Waals surface area contributed by atoms with Gasteiger partial charge in [0.1, 0.15) is 5.82 Å². The Hall–Kier alpha value is -0.900. The predicted molar refractivity (Wildman–Crippen MR) is 82.2 cm³/mol. The molecule has 1 saturated carbocycles. The molecule has 1 unspecified atom stereocenters. The fourth-order valence-electron chi connectivity index (χ4n) is 3.01. The summed E-state index contributed by atoms with van der Waals surface area (Å²) in [4.78, 5) is 12.3. The molecule has 1 amide bonds. The zero-order valence-corrected chi connectivity index (χ0v) is 13.4. The van der Waals surface area contributed by atoms with Crippen molar-refractivity contribution in [1.29, 1.82) is 0 Å². The number of halogens is 2. The quantitative estimate of drug-likeness (QED) is 0.846. The highest BCUT2D eigenvalue weighted by atomic mass is 79.9. The standard InChI is InChI=1S/C16H21BrFNO/c1-2-15(11-6-4-3-5-7-11)19-16(20)13-10-12(18)8-9-14(13)17/h8-11,15H,2-7H2,1H3,(H,19,20). The van der Waals surface area contributed by atoms with Crippen LogP contribution in [0.3, 0.4) is 0 Å². The maximum Gasteiger partial charge on any atom is 0.252 e. The zero-order chi connectivity index (χ0) is 14.5. The topological polar surface area (TPSA) is 29.1 Å². The SMILES string of the molecule is CCC(NC(=O)c1cc(F)ccc1Br)C1CCCCC1.